The van der Waals surface area contributed by atoms with E-state index in [1.807, 2.05) is 0 Å². The Hall–Kier alpha value is -1.86. The molecule has 0 saturated heterocycles. The first-order valence-electron chi connectivity index (χ1n) is 6.63. The fourth-order valence-corrected chi connectivity index (χ4v) is 2.83. The second-order valence-electron chi connectivity index (χ2n) is 4.83. The van der Waals surface area contributed by atoms with E-state index in [0.717, 1.165) is 0 Å². The average molecular weight is 424 g/mol. The van der Waals surface area contributed by atoms with Gasteiger partial charge in [0.15, 0.2) is 11.5 Å². The maximum absolute atomic E-state index is 11.9. The quantitative estimate of drug-likeness (QED) is 0.443. The second-order valence-corrected chi connectivity index (χ2v) is 6.46. The van der Waals surface area contributed by atoms with Gasteiger partial charge in [0.05, 0.1) is 20.1 Å². The Morgan fingerprint density at radius 2 is 1.24 bits per heavy atom. The van der Waals surface area contributed by atoms with Crippen molar-refractivity contribution in [2.45, 2.75) is 6.54 Å². The largest absolute Gasteiger partial charge is 0.505 e. The number of aromatic hydroxyl groups is 2. The molecular formula is C15H10Cl4N2O4. The maximum Gasteiger partial charge on any atom is 0.313 e. The number of phenolic OH excluding ortho intramolecular Hbond substituents is 2. The number of halogens is 4. The molecule has 0 aliphatic heterocycles. The lowest BCUT2D eigenvalue weighted by Gasteiger charge is -2.09. The highest BCUT2D eigenvalue weighted by molar-refractivity contribution is 6.41. The van der Waals surface area contributed by atoms with Gasteiger partial charge >= 0.3 is 11.8 Å². The van der Waals surface area contributed by atoms with E-state index in [1.54, 1.807) is 0 Å². The van der Waals surface area contributed by atoms with Gasteiger partial charge in [0.1, 0.15) is 0 Å². The Bertz CT molecular complexity index is 811. The molecule has 4 N–H and O–H groups in total. The van der Waals surface area contributed by atoms with E-state index in [2.05, 4.69) is 10.6 Å². The lowest BCUT2D eigenvalue weighted by Crippen LogP contribution is -2.34. The molecule has 0 aliphatic carbocycles. The first-order chi connectivity index (χ1) is 11.7. The number of carbonyl (C=O) groups is 2. The highest BCUT2D eigenvalue weighted by Crippen LogP contribution is 2.34. The van der Waals surface area contributed by atoms with Crippen molar-refractivity contribution in [1.82, 2.24) is 5.32 Å². The lowest BCUT2D eigenvalue weighted by atomic mass is 10.2. The third kappa shape index (κ3) is 4.83. The molecule has 132 valence electrons. The Morgan fingerprint density at radius 3 is 1.72 bits per heavy atom. The molecular weight excluding hydrogens is 414 g/mol. The SMILES string of the molecule is O=C(NCc1cc(Cl)c(O)c(Cl)c1)C(=O)Nc1cc(Cl)c(O)c(Cl)c1. The minimum absolute atomic E-state index is 0.0228. The molecule has 0 unspecified atom stereocenters. The molecule has 2 rings (SSSR count). The molecule has 10 heteroatoms. The molecule has 25 heavy (non-hydrogen) atoms. The molecule has 0 heterocycles. The van der Waals surface area contributed by atoms with Crippen molar-refractivity contribution >= 4 is 63.9 Å². The summed E-state index contributed by atoms with van der Waals surface area (Å²) in [5.41, 5.74) is 0.633. The van der Waals surface area contributed by atoms with Crippen LogP contribution in [0.15, 0.2) is 24.3 Å². The van der Waals surface area contributed by atoms with Gasteiger partial charge < -0.3 is 20.8 Å². The topological polar surface area (TPSA) is 98.7 Å². The van der Waals surface area contributed by atoms with Gasteiger partial charge in [-0.3, -0.25) is 9.59 Å². The van der Waals surface area contributed by atoms with Crippen molar-refractivity contribution < 1.29 is 19.8 Å². The zero-order valence-electron chi connectivity index (χ0n) is 12.2. The standard InChI is InChI=1S/C15H10Cl4N2O4/c16-8-1-6(2-9(17)12(8)22)5-20-14(24)15(25)21-7-3-10(18)13(23)11(19)4-7/h1-4,22-23H,5H2,(H,20,24)(H,21,25). The van der Waals surface area contributed by atoms with E-state index in [9.17, 15) is 19.8 Å². The molecule has 6 nitrogen and oxygen atoms in total. The van der Waals surface area contributed by atoms with Crippen molar-refractivity contribution in [2.75, 3.05) is 5.32 Å². The number of amides is 2. The average Bonchev–Trinajstić information content (AvgIpc) is 2.55. The van der Waals surface area contributed by atoms with Gasteiger partial charge in [-0.05, 0) is 29.8 Å². The Labute approximate surface area is 162 Å². The van der Waals surface area contributed by atoms with Crippen LogP contribution < -0.4 is 10.6 Å². The van der Waals surface area contributed by atoms with E-state index < -0.39 is 11.8 Å². The van der Waals surface area contributed by atoms with E-state index in [4.69, 9.17) is 46.4 Å². The first kappa shape index (κ1) is 19.5. The van der Waals surface area contributed by atoms with Crippen LogP contribution in [0.3, 0.4) is 0 Å². The molecule has 0 spiro atoms. The Morgan fingerprint density at radius 1 is 0.800 bits per heavy atom. The maximum atomic E-state index is 11.9. The first-order valence-corrected chi connectivity index (χ1v) is 8.14. The van der Waals surface area contributed by atoms with Crippen LogP contribution >= 0.6 is 46.4 Å². The van der Waals surface area contributed by atoms with Crippen LogP contribution in [0.25, 0.3) is 0 Å². The summed E-state index contributed by atoms with van der Waals surface area (Å²) < 4.78 is 0. The summed E-state index contributed by atoms with van der Waals surface area (Å²) in [5, 5.41) is 23.5. The van der Waals surface area contributed by atoms with E-state index in [1.165, 1.54) is 24.3 Å². The number of phenols is 2. The highest BCUT2D eigenvalue weighted by Gasteiger charge is 2.16. The van der Waals surface area contributed by atoms with Crippen molar-refractivity contribution in [1.29, 1.82) is 0 Å². The molecule has 2 amide bonds. The monoisotopic (exact) mass is 422 g/mol. The minimum atomic E-state index is -0.964. The molecule has 0 aliphatic rings. The van der Waals surface area contributed by atoms with Crippen LogP contribution in [0.5, 0.6) is 11.5 Å². The van der Waals surface area contributed by atoms with E-state index >= 15 is 0 Å². The summed E-state index contributed by atoms with van der Waals surface area (Å²) in [6.45, 7) is -0.0386. The number of hydrogen-bond acceptors (Lipinski definition) is 4. The van der Waals surface area contributed by atoms with Crippen LogP contribution in [0.1, 0.15) is 5.56 Å². The van der Waals surface area contributed by atoms with E-state index in [-0.39, 0.29) is 43.8 Å². The summed E-state index contributed by atoms with van der Waals surface area (Å²) in [4.78, 5) is 23.7. The zero-order valence-corrected chi connectivity index (χ0v) is 15.3. The summed E-state index contributed by atoms with van der Waals surface area (Å²) >= 11 is 23.0. The number of carbonyl (C=O) groups excluding carboxylic acids is 2. The summed E-state index contributed by atoms with van der Waals surface area (Å²) in [7, 11) is 0. The van der Waals surface area contributed by atoms with Gasteiger partial charge in [-0.25, -0.2) is 0 Å². The summed E-state index contributed by atoms with van der Waals surface area (Å²) in [6, 6.07) is 5.29. The predicted octanol–water partition coefficient (Wildman–Crippen LogP) is 3.97. The zero-order chi connectivity index (χ0) is 18.7. The normalized spacial score (nSPS) is 10.4. The van der Waals surface area contributed by atoms with Gasteiger partial charge in [0, 0.05) is 12.2 Å². The van der Waals surface area contributed by atoms with Crippen LogP contribution in [0, 0.1) is 0 Å². The molecule has 0 bridgehead atoms. The minimum Gasteiger partial charge on any atom is -0.505 e. The van der Waals surface area contributed by atoms with Crippen LogP contribution in [0.2, 0.25) is 20.1 Å². The van der Waals surface area contributed by atoms with Crippen molar-refractivity contribution in [2.24, 2.45) is 0 Å². The Kier molecular flexibility index (Phi) is 6.24. The molecule has 0 radical (unpaired) electrons. The third-order valence-electron chi connectivity index (χ3n) is 3.01. The second kappa shape index (κ2) is 8.01. The molecule has 0 atom stereocenters. The molecule has 2 aromatic rings. The number of rotatable bonds is 3. The van der Waals surface area contributed by atoms with Crippen molar-refractivity contribution in [3.63, 3.8) is 0 Å². The fraction of sp³-hybridized carbons (Fsp3) is 0.0667. The lowest BCUT2D eigenvalue weighted by molar-refractivity contribution is -0.136. The highest BCUT2D eigenvalue weighted by atomic mass is 35.5. The van der Waals surface area contributed by atoms with Crippen LogP contribution in [-0.4, -0.2) is 22.0 Å². The predicted molar refractivity (Wildman–Crippen MR) is 96.7 cm³/mol. The summed E-state index contributed by atoms with van der Waals surface area (Å²) in [5.74, 6) is -2.49. The van der Waals surface area contributed by atoms with Gasteiger partial charge in [-0.1, -0.05) is 46.4 Å². The van der Waals surface area contributed by atoms with E-state index in [0.29, 0.717) is 5.56 Å². The number of benzene rings is 2. The van der Waals surface area contributed by atoms with Gasteiger partial charge in [0.25, 0.3) is 0 Å². The van der Waals surface area contributed by atoms with Crippen molar-refractivity contribution in [3.05, 3.63) is 49.9 Å². The Balaban J connectivity index is 2.00. The summed E-state index contributed by atoms with van der Waals surface area (Å²) in [6.07, 6.45) is 0. The van der Waals surface area contributed by atoms with Gasteiger partial charge in [-0.15, -0.1) is 0 Å². The molecule has 2 aromatic carbocycles. The molecule has 0 aromatic heterocycles. The number of anilines is 1. The number of hydrogen-bond donors (Lipinski definition) is 4. The van der Waals surface area contributed by atoms with Gasteiger partial charge in [0.2, 0.25) is 0 Å². The molecule has 0 fully saturated rings. The molecule has 0 saturated carbocycles. The van der Waals surface area contributed by atoms with Crippen LogP contribution in [-0.2, 0) is 16.1 Å². The van der Waals surface area contributed by atoms with Crippen molar-refractivity contribution in [3.8, 4) is 11.5 Å². The third-order valence-corrected chi connectivity index (χ3v) is 4.16. The number of nitrogens with one attached hydrogen (secondary N) is 2. The smallest absolute Gasteiger partial charge is 0.313 e. The van der Waals surface area contributed by atoms with Crippen LogP contribution in [0.4, 0.5) is 5.69 Å². The van der Waals surface area contributed by atoms with Gasteiger partial charge in [-0.2, -0.15) is 0 Å². The fourth-order valence-electron chi connectivity index (χ4n) is 1.81.